The van der Waals surface area contributed by atoms with Crippen LogP contribution in [0.3, 0.4) is 0 Å². The number of aliphatic hydroxyl groups is 2. The maximum atomic E-state index is 13.0. The van der Waals surface area contributed by atoms with Crippen molar-refractivity contribution in [1.29, 1.82) is 0 Å². The van der Waals surface area contributed by atoms with Crippen molar-refractivity contribution in [1.82, 2.24) is 4.57 Å². The molecule has 0 fully saturated rings. The lowest BCUT2D eigenvalue weighted by Gasteiger charge is -2.08. The van der Waals surface area contributed by atoms with Crippen molar-refractivity contribution < 1.29 is 39.0 Å². The molecule has 0 saturated heterocycles. The van der Waals surface area contributed by atoms with Crippen LogP contribution in [0.2, 0.25) is 5.02 Å². The van der Waals surface area contributed by atoms with Gasteiger partial charge in [-0.3, -0.25) is 23.2 Å². The molecule has 0 spiro atoms. The van der Waals surface area contributed by atoms with Gasteiger partial charge in [-0.05, 0) is 125 Å². The van der Waals surface area contributed by atoms with Crippen LogP contribution < -0.4 is 0 Å². The van der Waals surface area contributed by atoms with Crippen LogP contribution >= 0.6 is 11.6 Å². The number of aliphatic hydroxyl groups excluding tert-OH is 2. The SMILES string of the molecule is CC1=C(CC(=O)O)c2cc(CO)ccc2/C1=C\c1ccc(S(C)=O)cc1.Cc1c(CC(=O)O)c2cc(CO)ccc2n1C(=O)c1ccc(Cl)cc1. The van der Waals surface area contributed by atoms with Crippen molar-refractivity contribution in [3.05, 3.63) is 140 Å². The number of hydrogen-bond acceptors (Lipinski definition) is 6. The number of aromatic nitrogens is 1. The van der Waals surface area contributed by atoms with Crippen LogP contribution in [0, 0.1) is 6.92 Å². The van der Waals surface area contributed by atoms with E-state index in [1.807, 2.05) is 55.5 Å². The van der Waals surface area contributed by atoms with Crippen molar-refractivity contribution in [2.24, 2.45) is 0 Å². The van der Waals surface area contributed by atoms with Crippen molar-refractivity contribution in [3.63, 3.8) is 0 Å². The zero-order chi connectivity index (χ0) is 37.0. The van der Waals surface area contributed by atoms with Gasteiger partial charge in [0.15, 0.2) is 0 Å². The molecule has 0 bridgehead atoms. The monoisotopic (exact) mass is 725 g/mol. The number of aliphatic carboxylic acids is 2. The number of carbonyl (C=O) groups is 3. The Bertz CT molecular complexity index is 2250. The number of rotatable bonds is 9. The van der Waals surface area contributed by atoms with Crippen molar-refractivity contribution in [2.45, 2.75) is 44.8 Å². The quantitative estimate of drug-likeness (QED) is 0.125. The third-order valence-corrected chi connectivity index (χ3v) is 9.98. The van der Waals surface area contributed by atoms with Gasteiger partial charge in [0.2, 0.25) is 0 Å². The summed E-state index contributed by atoms with van der Waals surface area (Å²) in [5.41, 5.74) is 9.13. The third kappa shape index (κ3) is 8.10. The minimum atomic E-state index is -1.02. The van der Waals surface area contributed by atoms with Gasteiger partial charge in [0.05, 0.1) is 31.6 Å². The first-order chi connectivity index (χ1) is 24.3. The first-order valence-electron chi connectivity index (χ1n) is 15.9. The lowest BCUT2D eigenvalue weighted by molar-refractivity contribution is -0.137. The predicted octanol–water partition coefficient (Wildman–Crippen LogP) is 7.13. The average Bonchev–Trinajstić information content (AvgIpc) is 3.52. The molecule has 0 aliphatic heterocycles. The second-order valence-corrected chi connectivity index (χ2v) is 13.9. The second-order valence-electron chi connectivity index (χ2n) is 12.1. The number of halogens is 1. The maximum Gasteiger partial charge on any atom is 0.307 e. The summed E-state index contributed by atoms with van der Waals surface area (Å²) in [5, 5.41) is 38.4. The smallest absolute Gasteiger partial charge is 0.307 e. The summed E-state index contributed by atoms with van der Waals surface area (Å²) < 4.78 is 13.0. The van der Waals surface area contributed by atoms with Gasteiger partial charge in [-0.2, -0.15) is 0 Å². The summed E-state index contributed by atoms with van der Waals surface area (Å²) in [4.78, 5) is 36.3. The van der Waals surface area contributed by atoms with Crippen LogP contribution in [0.15, 0.2) is 95.4 Å². The molecule has 1 heterocycles. The van der Waals surface area contributed by atoms with E-state index in [9.17, 15) is 39.0 Å². The molecule has 4 aromatic carbocycles. The van der Waals surface area contributed by atoms with E-state index in [0.717, 1.165) is 43.9 Å². The summed E-state index contributed by atoms with van der Waals surface area (Å²) in [7, 11) is -1.02. The third-order valence-electron chi connectivity index (χ3n) is 8.79. The largest absolute Gasteiger partial charge is 0.481 e. The Labute approximate surface area is 302 Å². The van der Waals surface area contributed by atoms with E-state index in [1.165, 1.54) is 4.57 Å². The lowest BCUT2D eigenvalue weighted by atomic mass is 9.99. The van der Waals surface area contributed by atoms with E-state index >= 15 is 0 Å². The molecule has 1 aromatic heterocycles. The first-order valence-corrected chi connectivity index (χ1v) is 17.8. The van der Waals surface area contributed by atoms with E-state index in [2.05, 4.69) is 0 Å². The van der Waals surface area contributed by atoms with Gasteiger partial charge >= 0.3 is 11.9 Å². The van der Waals surface area contributed by atoms with Gasteiger partial charge in [0.25, 0.3) is 5.91 Å². The van der Waals surface area contributed by atoms with Gasteiger partial charge in [-0.25, -0.2) is 0 Å². The maximum absolute atomic E-state index is 13.0. The molecule has 0 saturated carbocycles. The molecule has 1 atom stereocenters. The number of nitrogens with zero attached hydrogens (tertiary/aromatic N) is 1. The standard InChI is InChI=1S/C21H20O4S.C19H16ClNO4/c1-13-18(9-14-3-6-16(7-4-14)26(2)25)17-8-5-15(12-22)10-20(17)19(13)11-21(23)24;1-11-15(9-18(23)24)16-8-12(10-22)2-7-17(16)21(11)19(25)13-3-5-14(20)6-4-13/h3-10,22H,11-12H2,1-2H3,(H,23,24);2-8,22H,9-10H2,1H3,(H,23,24)/b18-9-;. The number of fused-ring (bicyclic) bond motifs is 2. The minimum absolute atomic E-state index is 0.0567. The number of carboxylic acid groups (broad SMARTS) is 2. The van der Waals surface area contributed by atoms with Crippen LogP contribution in [0.25, 0.3) is 28.1 Å². The number of benzene rings is 4. The normalized spacial score (nSPS) is 13.6. The first kappa shape index (κ1) is 37.1. The topological polar surface area (TPSA) is 154 Å². The molecule has 4 N–H and O–H groups in total. The van der Waals surface area contributed by atoms with Gasteiger partial charge in [0, 0.05) is 43.6 Å². The van der Waals surface area contributed by atoms with Crippen LogP contribution in [0.5, 0.6) is 0 Å². The van der Waals surface area contributed by atoms with Crippen LogP contribution in [-0.2, 0) is 40.0 Å². The highest BCUT2D eigenvalue weighted by Gasteiger charge is 2.26. The zero-order valence-electron chi connectivity index (χ0n) is 28.1. The molecule has 6 rings (SSSR count). The number of carboxylic acids is 2. The summed E-state index contributed by atoms with van der Waals surface area (Å²) in [6.45, 7) is 3.42. The molecule has 262 valence electrons. The van der Waals surface area contributed by atoms with E-state index in [4.69, 9.17) is 11.6 Å². The highest BCUT2D eigenvalue weighted by Crippen LogP contribution is 2.44. The summed E-state index contributed by atoms with van der Waals surface area (Å²) in [5.74, 6) is -2.11. The molecule has 1 aliphatic rings. The number of allylic oxidation sites excluding steroid dienone is 2. The Morgan fingerprint density at radius 2 is 1.39 bits per heavy atom. The fraction of sp³-hybridized carbons (Fsp3) is 0.175. The Hall–Kier alpha value is -5.13. The highest BCUT2D eigenvalue weighted by molar-refractivity contribution is 7.84. The van der Waals surface area contributed by atoms with E-state index in [0.29, 0.717) is 38.3 Å². The van der Waals surface area contributed by atoms with Crippen molar-refractivity contribution in [2.75, 3.05) is 6.26 Å². The second kappa shape index (κ2) is 15.8. The Morgan fingerprint density at radius 3 is 1.98 bits per heavy atom. The molecular weight excluding hydrogens is 690 g/mol. The van der Waals surface area contributed by atoms with Crippen LogP contribution in [-0.4, -0.2) is 53.3 Å². The zero-order valence-corrected chi connectivity index (χ0v) is 29.7. The van der Waals surface area contributed by atoms with E-state index in [-0.39, 0.29) is 32.0 Å². The number of carbonyl (C=O) groups excluding carboxylic acids is 1. The van der Waals surface area contributed by atoms with Crippen LogP contribution in [0.1, 0.15) is 62.8 Å². The summed E-state index contributed by atoms with van der Waals surface area (Å²) in [6.07, 6.45) is 3.41. The van der Waals surface area contributed by atoms with Gasteiger partial charge in [-0.1, -0.05) is 41.9 Å². The fourth-order valence-corrected chi connectivity index (χ4v) is 6.86. The molecule has 0 amide bonds. The summed E-state index contributed by atoms with van der Waals surface area (Å²) in [6, 6.07) is 24.9. The fourth-order valence-electron chi connectivity index (χ4n) is 6.21. The average molecular weight is 726 g/mol. The molecular formula is C40H36ClNO8S. The Kier molecular flexibility index (Phi) is 11.5. The molecule has 9 nitrogen and oxygen atoms in total. The molecule has 1 aliphatic carbocycles. The Morgan fingerprint density at radius 1 is 0.784 bits per heavy atom. The molecule has 1 unspecified atom stereocenters. The van der Waals surface area contributed by atoms with Crippen LogP contribution in [0.4, 0.5) is 0 Å². The van der Waals surface area contributed by atoms with Gasteiger partial charge in [-0.15, -0.1) is 0 Å². The number of hydrogen-bond donors (Lipinski definition) is 4. The highest BCUT2D eigenvalue weighted by atomic mass is 35.5. The molecule has 0 radical (unpaired) electrons. The molecule has 51 heavy (non-hydrogen) atoms. The van der Waals surface area contributed by atoms with Gasteiger partial charge in [0.1, 0.15) is 0 Å². The Balaban J connectivity index is 0.000000198. The molecule has 11 heteroatoms. The van der Waals surface area contributed by atoms with Crippen molar-refractivity contribution >= 4 is 68.4 Å². The van der Waals surface area contributed by atoms with Crippen molar-refractivity contribution in [3.8, 4) is 0 Å². The summed E-state index contributed by atoms with van der Waals surface area (Å²) >= 11 is 5.88. The predicted molar refractivity (Wildman–Crippen MR) is 199 cm³/mol. The van der Waals surface area contributed by atoms with Gasteiger partial charge < -0.3 is 20.4 Å². The van der Waals surface area contributed by atoms with E-state index in [1.54, 1.807) is 55.6 Å². The van der Waals surface area contributed by atoms with E-state index < -0.39 is 22.7 Å². The molecule has 5 aromatic rings. The lowest BCUT2D eigenvalue weighted by Crippen LogP contribution is -2.14. The minimum Gasteiger partial charge on any atom is -0.481 e.